The van der Waals surface area contributed by atoms with E-state index in [1.165, 1.54) is 12.1 Å². The average Bonchev–Trinajstić information content (AvgIpc) is 2.54. The van der Waals surface area contributed by atoms with Gasteiger partial charge in [0.15, 0.2) is 0 Å². The normalized spacial score (nSPS) is 17.8. The van der Waals surface area contributed by atoms with Crippen LogP contribution in [-0.4, -0.2) is 37.2 Å². The van der Waals surface area contributed by atoms with Crippen LogP contribution in [-0.2, 0) is 11.3 Å². The zero-order valence-corrected chi connectivity index (χ0v) is 12.6. The fourth-order valence-electron chi connectivity index (χ4n) is 2.56. The minimum atomic E-state index is -0.277. The maximum absolute atomic E-state index is 12.8. The monoisotopic (exact) mass is 304 g/mol. The molecule has 0 radical (unpaired) electrons. The Bertz CT molecular complexity index is 524. The maximum Gasteiger partial charge on any atom is 0.317 e. The molecule has 1 N–H and O–H groups in total. The number of carbonyl (C=O) groups excluding carboxylic acids is 1. The van der Waals surface area contributed by atoms with Crippen LogP contribution in [0.5, 0.6) is 0 Å². The Hall–Kier alpha value is -2.06. The van der Waals surface area contributed by atoms with E-state index in [1.54, 1.807) is 17.0 Å². The SMILES string of the molecule is C#CCOCC1CCCN(C(=O)NCc2ccc(F)cc2)C1. The highest BCUT2D eigenvalue weighted by Gasteiger charge is 2.23. The first kappa shape index (κ1) is 16.3. The number of hydrogen-bond acceptors (Lipinski definition) is 2. The van der Waals surface area contributed by atoms with E-state index in [2.05, 4.69) is 11.2 Å². The van der Waals surface area contributed by atoms with Gasteiger partial charge in [-0.15, -0.1) is 6.42 Å². The van der Waals surface area contributed by atoms with Crippen molar-refractivity contribution < 1.29 is 13.9 Å². The van der Waals surface area contributed by atoms with Gasteiger partial charge in [-0.1, -0.05) is 18.1 Å². The lowest BCUT2D eigenvalue weighted by Crippen LogP contribution is -2.46. The number of piperidine rings is 1. The van der Waals surface area contributed by atoms with E-state index in [1.807, 2.05) is 0 Å². The number of nitrogens with zero attached hydrogens (tertiary/aromatic N) is 1. The van der Waals surface area contributed by atoms with E-state index in [9.17, 15) is 9.18 Å². The fourth-order valence-corrected chi connectivity index (χ4v) is 2.56. The van der Waals surface area contributed by atoms with Gasteiger partial charge in [0.2, 0.25) is 0 Å². The number of rotatable bonds is 5. The van der Waals surface area contributed by atoms with Gasteiger partial charge in [0.25, 0.3) is 0 Å². The summed E-state index contributed by atoms with van der Waals surface area (Å²) in [6, 6.07) is 6.03. The van der Waals surface area contributed by atoms with Gasteiger partial charge in [-0.25, -0.2) is 9.18 Å². The minimum absolute atomic E-state index is 0.0917. The van der Waals surface area contributed by atoms with E-state index < -0.39 is 0 Å². The van der Waals surface area contributed by atoms with Crippen molar-refractivity contribution in [3.05, 3.63) is 35.6 Å². The first-order valence-corrected chi connectivity index (χ1v) is 7.47. The molecule has 4 nitrogen and oxygen atoms in total. The predicted molar refractivity (Wildman–Crippen MR) is 82.6 cm³/mol. The Kier molecular flexibility index (Phi) is 6.23. The highest BCUT2D eigenvalue weighted by Crippen LogP contribution is 2.17. The molecule has 2 rings (SSSR count). The summed E-state index contributed by atoms with van der Waals surface area (Å²) in [6.45, 7) is 2.73. The molecule has 118 valence electrons. The molecule has 1 unspecified atom stereocenters. The number of ether oxygens (including phenoxy) is 1. The van der Waals surface area contributed by atoms with Crippen LogP contribution in [0.2, 0.25) is 0 Å². The van der Waals surface area contributed by atoms with Crippen molar-refractivity contribution in [1.29, 1.82) is 0 Å². The second-order valence-electron chi connectivity index (χ2n) is 5.46. The Labute approximate surface area is 130 Å². The third-order valence-electron chi connectivity index (χ3n) is 3.70. The van der Waals surface area contributed by atoms with E-state index in [4.69, 9.17) is 11.2 Å². The molecule has 5 heteroatoms. The molecular weight excluding hydrogens is 283 g/mol. The second kappa shape index (κ2) is 8.40. The van der Waals surface area contributed by atoms with E-state index in [-0.39, 0.29) is 11.8 Å². The van der Waals surface area contributed by atoms with Crippen molar-refractivity contribution in [3.8, 4) is 12.3 Å². The average molecular weight is 304 g/mol. The highest BCUT2D eigenvalue weighted by molar-refractivity contribution is 5.74. The molecule has 22 heavy (non-hydrogen) atoms. The number of halogens is 1. The Morgan fingerprint density at radius 1 is 1.45 bits per heavy atom. The minimum Gasteiger partial charge on any atom is -0.368 e. The van der Waals surface area contributed by atoms with Crippen LogP contribution in [0.15, 0.2) is 24.3 Å². The molecule has 1 heterocycles. The summed E-state index contributed by atoms with van der Waals surface area (Å²) < 4.78 is 18.2. The zero-order valence-electron chi connectivity index (χ0n) is 12.6. The van der Waals surface area contributed by atoms with Crippen molar-refractivity contribution in [2.45, 2.75) is 19.4 Å². The fraction of sp³-hybridized carbons (Fsp3) is 0.471. The van der Waals surface area contributed by atoms with Crippen molar-refractivity contribution in [2.24, 2.45) is 5.92 Å². The Morgan fingerprint density at radius 2 is 2.23 bits per heavy atom. The molecule has 1 aliphatic heterocycles. The van der Waals surface area contributed by atoms with Crippen LogP contribution in [0, 0.1) is 24.1 Å². The van der Waals surface area contributed by atoms with Gasteiger partial charge in [0.05, 0.1) is 6.61 Å². The summed E-state index contributed by atoms with van der Waals surface area (Å²) in [5.74, 6) is 2.50. The zero-order chi connectivity index (χ0) is 15.8. The van der Waals surface area contributed by atoms with Crippen LogP contribution in [0.4, 0.5) is 9.18 Å². The van der Waals surface area contributed by atoms with Crippen molar-refractivity contribution >= 4 is 6.03 Å². The van der Waals surface area contributed by atoms with Crippen molar-refractivity contribution in [1.82, 2.24) is 10.2 Å². The van der Waals surface area contributed by atoms with Crippen LogP contribution in [0.25, 0.3) is 0 Å². The second-order valence-corrected chi connectivity index (χ2v) is 5.46. The van der Waals surface area contributed by atoms with Gasteiger partial charge in [-0.2, -0.15) is 0 Å². The van der Waals surface area contributed by atoms with Gasteiger partial charge in [-0.3, -0.25) is 0 Å². The number of nitrogens with one attached hydrogen (secondary N) is 1. The Morgan fingerprint density at radius 3 is 2.95 bits per heavy atom. The lowest BCUT2D eigenvalue weighted by Gasteiger charge is -2.32. The molecule has 0 aliphatic carbocycles. The topological polar surface area (TPSA) is 41.6 Å². The van der Waals surface area contributed by atoms with Crippen molar-refractivity contribution in [3.63, 3.8) is 0 Å². The van der Waals surface area contributed by atoms with Gasteiger partial charge in [0, 0.05) is 25.6 Å². The summed E-state index contributed by atoms with van der Waals surface area (Å²) in [6.07, 6.45) is 7.17. The molecule has 1 aromatic carbocycles. The summed E-state index contributed by atoms with van der Waals surface area (Å²) in [5.41, 5.74) is 0.876. The van der Waals surface area contributed by atoms with Crippen molar-refractivity contribution in [2.75, 3.05) is 26.3 Å². The number of carbonyl (C=O) groups is 1. The molecule has 1 atom stereocenters. The van der Waals surface area contributed by atoms with Crippen LogP contribution >= 0.6 is 0 Å². The molecule has 0 bridgehead atoms. The number of terminal acetylenes is 1. The number of hydrogen-bond donors (Lipinski definition) is 1. The smallest absolute Gasteiger partial charge is 0.317 e. The molecule has 1 saturated heterocycles. The van der Waals surface area contributed by atoms with Crippen LogP contribution < -0.4 is 5.32 Å². The maximum atomic E-state index is 12.8. The highest BCUT2D eigenvalue weighted by atomic mass is 19.1. The third-order valence-corrected chi connectivity index (χ3v) is 3.70. The van der Waals surface area contributed by atoms with E-state index in [0.29, 0.717) is 32.2 Å². The Balaban J connectivity index is 1.76. The lowest BCUT2D eigenvalue weighted by molar-refractivity contribution is 0.0857. The van der Waals surface area contributed by atoms with E-state index in [0.717, 1.165) is 24.9 Å². The summed E-state index contributed by atoms with van der Waals surface area (Å²) >= 11 is 0. The van der Waals surface area contributed by atoms with Crippen LogP contribution in [0.3, 0.4) is 0 Å². The molecular formula is C17H21FN2O2. The summed E-state index contributed by atoms with van der Waals surface area (Å²) in [4.78, 5) is 14.0. The predicted octanol–water partition coefficient (Wildman–Crippen LogP) is 2.40. The van der Waals surface area contributed by atoms with Gasteiger partial charge in [-0.05, 0) is 30.5 Å². The summed E-state index contributed by atoms with van der Waals surface area (Å²) in [7, 11) is 0. The van der Waals surface area contributed by atoms with Gasteiger partial charge in [0.1, 0.15) is 12.4 Å². The van der Waals surface area contributed by atoms with Gasteiger partial charge >= 0.3 is 6.03 Å². The molecule has 1 aliphatic rings. The summed E-state index contributed by atoms with van der Waals surface area (Å²) in [5, 5.41) is 2.87. The largest absolute Gasteiger partial charge is 0.368 e. The molecule has 0 aromatic heterocycles. The lowest BCUT2D eigenvalue weighted by atomic mass is 9.99. The molecule has 2 amide bonds. The number of benzene rings is 1. The van der Waals surface area contributed by atoms with Crippen LogP contribution in [0.1, 0.15) is 18.4 Å². The quantitative estimate of drug-likeness (QED) is 0.670. The molecule has 1 aromatic rings. The number of amides is 2. The van der Waals surface area contributed by atoms with Gasteiger partial charge < -0.3 is 15.0 Å². The van der Waals surface area contributed by atoms with E-state index >= 15 is 0 Å². The molecule has 0 spiro atoms. The standard InChI is InChI=1S/C17H21FN2O2/c1-2-10-22-13-15-4-3-9-20(12-15)17(21)19-11-14-5-7-16(18)8-6-14/h1,5-8,15H,3-4,9-13H2,(H,19,21). The molecule has 0 saturated carbocycles. The third kappa shape index (κ3) is 5.05. The number of urea groups is 1. The number of likely N-dealkylation sites (tertiary alicyclic amines) is 1. The first-order chi connectivity index (χ1) is 10.7. The molecule has 1 fully saturated rings. The first-order valence-electron chi connectivity index (χ1n) is 7.47.